The van der Waals surface area contributed by atoms with Crippen molar-refractivity contribution in [1.82, 2.24) is 19.7 Å². The van der Waals surface area contributed by atoms with Crippen molar-refractivity contribution < 1.29 is 9.53 Å². The third kappa shape index (κ3) is 6.28. The second-order valence-corrected chi connectivity index (χ2v) is 10.9. The Morgan fingerprint density at radius 2 is 1.54 bits per heavy atom. The first kappa shape index (κ1) is 26.8. The standard InChI is InChI=1S/C31H35N5O2S/c1-23-10-14-25(15-11-23)30-32-33-31(36(30)26-16-12-24(2)13-17-26)39-22-6-9-29(37)35-20-18-34(19-21-35)27-7-4-5-8-28(27)38-3/h4-5,7-8,10-17H,6,9,18-22H2,1-3H3. The van der Waals surface area contributed by atoms with Gasteiger partial charge in [-0.2, -0.15) is 0 Å². The van der Waals surface area contributed by atoms with Gasteiger partial charge in [-0.25, -0.2) is 0 Å². The number of benzene rings is 3. The van der Waals surface area contributed by atoms with Crippen LogP contribution in [0.5, 0.6) is 5.75 Å². The summed E-state index contributed by atoms with van der Waals surface area (Å²) in [5, 5.41) is 9.93. The maximum atomic E-state index is 13.0. The fourth-order valence-electron chi connectivity index (χ4n) is 4.81. The average molecular weight is 542 g/mol. The molecule has 1 saturated heterocycles. The van der Waals surface area contributed by atoms with Gasteiger partial charge in [0.2, 0.25) is 5.91 Å². The van der Waals surface area contributed by atoms with Gasteiger partial charge in [-0.05, 0) is 44.5 Å². The van der Waals surface area contributed by atoms with Crippen molar-refractivity contribution >= 4 is 23.4 Å². The number of nitrogens with zero attached hydrogens (tertiary/aromatic N) is 5. The SMILES string of the molecule is COc1ccccc1N1CCN(C(=O)CCCSc2nnc(-c3ccc(C)cc3)n2-c2ccc(C)cc2)CC1. The van der Waals surface area contributed by atoms with Crippen molar-refractivity contribution in [1.29, 1.82) is 0 Å². The molecule has 0 unspecified atom stereocenters. The van der Waals surface area contributed by atoms with E-state index in [1.165, 1.54) is 11.1 Å². The number of carbonyl (C=O) groups excluding carboxylic acids is 1. The molecule has 0 saturated carbocycles. The van der Waals surface area contributed by atoms with E-state index in [4.69, 9.17) is 4.74 Å². The summed E-state index contributed by atoms with van der Waals surface area (Å²) in [6, 6.07) is 24.9. The highest BCUT2D eigenvalue weighted by atomic mass is 32.2. The topological polar surface area (TPSA) is 63.5 Å². The Morgan fingerprint density at radius 1 is 0.872 bits per heavy atom. The normalized spacial score (nSPS) is 13.5. The van der Waals surface area contributed by atoms with E-state index in [1.54, 1.807) is 18.9 Å². The highest BCUT2D eigenvalue weighted by Gasteiger charge is 2.23. The second-order valence-electron chi connectivity index (χ2n) is 9.83. The van der Waals surface area contributed by atoms with E-state index in [9.17, 15) is 4.79 Å². The lowest BCUT2D eigenvalue weighted by atomic mass is 10.1. The summed E-state index contributed by atoms with van der Waals surface area (Å²) in [5.74, 6) is 2.71. The summed E-state index contributed by atoms with van der Waals surface area (Å²) in [6.07, 6.45) is 1.32. The lowest BCUT2D eigenvalue weighted by molar-refractivity contribution is -0.131. The Labute approximate surface area is 234 Å². The number of anilines is 1. The van der Waals surface area contributed by atoms with E-state index in [0.717, 1.165) is 72.0 Å². The minimum atomic E-state index is 0.218. The van der Waals surface area contributed by atoms with Gasteiger partial charge >= 0.3 is 0 Å². The number of para-hydroxylation sites is 2. The van der Waals surface area contributed by atoms with E-state index in [0.29, 0.717) is 6.42 Å². The summed E-state index contributed by atoms with van der Waals surface area (Å²) in [7, 11) is 1.70. The highest BCUT2D eigenvalue weighted by Crippen LogP contribution is 2.30. The van der Waals surface area contributed by atoms with Crippen molar-refractivity contribution in [2.45, 2.75) is 31.8 Å². The number of rotatable bonds is 9. The average Bonchev–Trinajstić information content (AvgIpc) is 3.40. The van der Waals surface area contributed by atoms with Gasteiger partial charge in [0.25, 0.3) is 0 Å². The van der Waals surface area contributed by atoms with Gasteiger partial charge in [0.15, 0.2) is 11.0 Å². The molecule has 8 heteroatoms. The molecule has 0 N–H and O–H groups in total. The van der Waals surface area contributed by atoms with Gasteiger partial charge < -0.3 is 14.5 Å². The molecule has 1 amide bonds. The van der Waals surface area contributed by atoms with Gasteiger partial charge in [0.05, 0.1) is 12.8 Å². The summed E-state index contributed by atoms with van der Waals surface area (Å²) < 4.78 is 7.63. The van der Waals surface area contributed by atoms with Crippen LogP contribution in [-0.2, 0) is 4.79 Å². The zero-order valence-corrected chi connectivity index (χ0v) is 23.7. The molecule has 1 aromatic heterocycles. The molecule has 2 heterocycles. The van der Waals surface area contributed by atoms with Crippen LogP contribution in [0.25, 0.3) is 17.1 Å². The Morgan fingerprint density at radius 3 is 2.23 bits per heavy atom. The predicted molar refractivity (Wildman–Crippen MR) is 158 cm³/mol. The van der Waals surface area contributed by atoms with Gasteiger partial charge in [-0.1, -0.05) is 71.4 Å². The van der Waals surface area contributed by atoms with Crippen LogP contribution in [0.3, 0.4) is 0 Å². The van der Waals surface area contributed by atoms with E-state index in [1.807, 2.05) is 23.1 Å². The molecule has 39 heavy (non-hydrogen) atoms. The molecule has 202 valence electrons. The smallest absolute Gasteiger partial charge is 0.222 e. The number of carbonyl (C=O) groups is 1. The number of thioether (sulfide) groups is 1. The van der Waals surface area contributed by atoms with Crippen LogP contribution in [0.2, 0.25) is 0 Å². The number of piperazine rings is 1. The number of ether oxygens (including phenoxy) is 1. The molecular formula is C31H35N5O2S. The number of aryl methyl sites for hydroxylation is 2. The predicted octanol–water partition coefficient (Wildman–Crippen LogP) is 5.78. The van der Waals surface area contributed by atoms with Crippen molar-refractivity contribution in [3.63, 3.8) is 0 Å². The molecule has 7 nitrogen and oxygen atoms in total. The molecule has 1 aliphatic rings. The van der Waals surface area contributed by atoms with Gasteiger partial charge in [0.1, 0.15) is 5.75 Å². The highest BCUT2D eigenvalue weighted by molar-refractivity contribution is 7.99. The lowest BCUT2D eigenvalue weighted by Gasteiger charge is -2.36. The Kier molecular flexibility index (Phi) is 8.51. The molecule has 0 atom stereocenters. The number of amides is 1. The molecule has 1 aliphatic heterocycles. The largest absolute Gasteiger partial charge is 0.495 e. The van der Waals surface area contributed by atoms with Crippen LogP contribution in [0.1, 0.15) is 24.0 Å². The molecular weight excluding hydrogens is 506 g/mol. The van der Waals surface area contributed by atoms with Gasteiger partial charge in [-0.3, -0.25) is 9.36 Å². The number of hydrogen-bond donors (Lipinski definition) is 0. The van der Waals surface area contributed by atoms with E-state index in [-0.39, 0.29) is 5.91 Å². The third-order valence-corrected chi connectivity index (χ3v) is 8.07. The van der Waals surface area contributed by atoms with Crippen LogP contribution >= 0.6 is 11.8 Å². The summed E-state index contributed by atoms with van der Waals surface area (Å²) in [6.45, 7) is 7.24. The summed E-state index contributed by atoms with van der Waals surface area (Å²) in [4.78, 5) is 17.2. The van der Waals surface area contributed by atoms with Crippen molar-refractivity contribution in [2.75, 3.05) is 43.9 Å². The molecule has 0 spiro atoms. The van der Waals surface area contributed by atoms with Crippen LogP contribution in [0.15, 0.2) is 78.0 Å². The summed E-state index contributed by atoms with van der Waals surface area (Å²) in [5.41, 5.74) is 5.57. The Hall–Kier alpha value is -3.78. The van der Waals surface area contributed by atoms with E-state index >= 15 is 0 Å². The van der Waals surface area contributed by atoms with Crippen molar-refractivity contribution in [2.24, 2.45) is 0 Å². The maximum absolute atomic E-state index is 13.0. The minimum absolute atomic E-state index is 0.218. The van der Waals surface area contributed by atoms with Crippen LogP contribution in [0.4, 0.5) is 5.69 Å². The van der Waals surface area contributed by atoms with Crippen molar-refractivity contribution in [3.05, 3.63) is 83.9 Å². The molecule has 1 fully saturated rings. The van der Waals surface area contributed by atoms with Crippen molar-refractivity contribution in [3.8, 4) is 22.8 Å². The molecule has 0 aliphatic carbocycles. The quantitative estimate of drug-likeness (QED) is 0.198. The first-order valence-electron chi connectivity index (χ1n) is 13.4. The van der Waals surface area contributed by atoms with E-state index in [2.05, 4.69) is 88.1 Å². The minimum Gasteiger partial charge on any atom is -0.495 e. The summed E-state index contributed by atoms with van der Waals surface area (Å²) >= 11 is 1.65. The molecule has 0 radical (unpaired) electrons. The first-order valence-corrected chi connectivity index (χ1v) is 14.4. The van der Waals surface area contributed by atoms with Crippen LogP contribution < -0.4 is 9.64 Å². The van der Waals surface area contributed by atoms with Gasteiger partial charge in [0, 0.05) is 49.6 Å². The molecule has 3 aromatic carbocycles. The van der Waals surface area contributed by atoms with E-state index < -0.39 is 0 Å². The third-order valence-electron chi connectivity index (χ3n) is 7.06. The Bertz CT molecular complexity index is 1390. The molecule has 5 rings (SSSR count). The zero-order valence-electron chi connectivity index (χ0n) is 22.8. The maximum Gasteiger partial charge on any atom is 0.222 e. The lowest BCUT2D eigenvalue weighted by Crippen LogP contribution is -2.48. The number of methoxy groups -OCH3 is 1. The molecule has 4 aromatic rings. The zero-order chi connectivity index (χ0) is 27.2. The monoisotopic (exact) mass is 541 g/mol. The first-order chi connectivity index (χ1) is 19.0. The number of hydrogen-bond acceptors (Lipinski definition) is 6. The molecule has 0 bridgehead atoms. The van der Waals surface area contributed by atoms with Crippen LogP contribution in [0, 0.1) is 13.8 Å². The van der Waals surface area contributed by atoms with Gasteiger partial charge in [-0.15, -0.1) is 10.2 Å². The van der Waals surface area contributed by atoms with Crippen LogP contribution in [-0.4, -0.2) is 64.6 Å². The fourth-order valence-corrected chi connectivity index (χ4v) is 5.70. The fraction of sp³-hybridized carbons (Fsp3) is 0.323. The second kappa shape index (κ2) is 12.4. The Balaban J connectivity index is 1.18. The number of aromatic nitrogens is 3.